The molecule has 7 nitrogen and oxygen atoms in total. The fourth-order valence-corrected chi connectivity index (χ4v) is 5.56. The number of ether oxygens (including phenoxy) is 1. The highest BCUT2D eigenvalue weighted by atomic mass is 32.2. The predicted molar refractivity (Wildman–Crippen MR) is 101 cm³/mol. The van der Waals surface area contributed by atoms with Crippen LogP contribution in [0, 0.1) is 5.92 Å². The summed E-state index contributed by atoms with van der Waals surface area (Å²) in [5.41, 5.74) is 2.82. The number of nitrogens with zero attached hydrogens (tertiary/aromatic N) is 2. The molecule has 0 spiro atoms. The van der Waals surface area contributed by atoms with Gasteiger partial charge in [-0.2, -0.15) is 0 Å². The van der Waals surface area contributed by atoms with Crippen molar-refractivity contribution in [2.75, 3.05) is 25.2 Å². The van der Waals surface area contributed by atoms with Crippen LogP contribution in [-0.4, -0.2) is 54.4 Å². The number of methoxy groups -OCH3 is 1. The van der Waals surface area contributed by atoms with Crippen molar-refractivity contribution >= 4 is 15.7 Å². The van der Waals surface area contributed by atoms with Crippen LogP contribution in [-0.2, 0) is 27.6 Å². The van der Waals surface area contributed by atoms with Crippen molar-refractivity contribution in [3.8, 4) is 17.1 Å². The van der Waals surface area contributed by atoms with Crippen LogP contribution in [0.25, 0.3) is 11.4 Å². The molecule has 4 rings (SSSR count). The van der Waals surface area contributed by atoms with Crippen molar-refractivity contribution in [1.82, 2.24) is 14.9 Å². The normalized spacial score (nSPS) is 21.5. The van der Waals surface area contributed by atoms with Crippen molar-refractivity contribution in [2.45, 2.75) is 25.8 Å². The molecule has 2 aliphatic heterocycles. The van der Waals surface area contributed by atoms with E-state index in [-0.39, 0.29) is 17.4 Å². The summed E-state index contributed by atoms with van der Waals surface area (Å²) in [6, 6.07) is 7.67. The molecule has 1 N–H and O–H groups in total. The van der Waals surface area contributed by atoms with Crippen LogP contribution < -0.4 is 4.74 Å². The lowest BCUT2D eigenvalue weighted by atomic mass is 10.0. The second-order valence-electron chi connectivity index (χ2n) is 7.21. The summed E-state index contributed by atoms with van der Waals surface area (Å²) in [5, 5.41) is 0. The van der Waals surface area contributed by atoms with Crippen LogP contribution in [0.5, 0.6) is 5.75 Å². The lowest BCUT2D eigenvalue weighted by Crippen LogP contribution is -2.43. The zero-order valence-corrected chi connectivity index (χ0v) is 16.1. The van der Waals surface area contributed by atoms with Crippen LogP contribution in [0.2, 0.25) is 0 Å². The molecule has 0 radical (unpaired) electrons. The number of rotatable bonds is 3. The zero-order valence-electron chi connectivity index (χ0n) is 15.3. The van der Waals surface area contributed by atoms with Gasteiger partial charge in [-0.3, -0.25) is 4.79 Å². The summed E-state index contributed by atoms with van der Waals surface area (Å²) in [7, 11) is -1.47. The molecule has 2 aromatic rings. The molecule has 27 heavy (non-hydrogen) atoms. The number of carbonyl (C=O) groups is 1. The van der Waals surface area contributed by atoms with E-state index in [1.165, 1.54) is 0 Å². The number of fused-ring (bicyclic) bond motifs is 1. The van der Waals surface area contributed by atoms with E-state index < -0.39 is 15.8 Å². The van der Waals surface area contributed by atoms with Gasteiger partial charge in [0, 0.05) is 18.5 Å². The number of carbonyl (C=O) groups excluding carboxylic acids is 1. The molecule has 1 saturated heterocycles. The third-order valence-electron chi connectivity index (χ3n) is 5.30. The fraction of sp³-hybridized carbons (Fsp3) is 0.474. The van der Waals surface area contributed by atoms with Crippen LogP contribution in [0.4, 0.5) is 0 Å². The van der Waals surface area contributed by atoms with E-state index in [9.17, 15) is 13.2 Å². The predicted octanol–water partition coefficient (Wildman–Crippen LogP) is 1.79. The topological polar surface area (TPSA) is 92.4 Å². The average molecular weight is 389 g/mol. The first kappa shape index (κ1) is 18.0. The van der Waals surface area contributed by atoms with E-state index in [2.05, 4.69) is 9.97 Å². The van der Waals surface area contributed by atoms with E-state index in [1.54, 1.807) is 12.0 Å². The number of imidazole rings is 1. The third kappa shape index (κ3) is 3.71. The molecule has 0 bridgehead atoms. The minimum atomic E-state index is -3.09. The van der Waals surface area contributed by atoms with Gasteiger partial charge in [-0.15, -0.1) is 0 Å². The average Bonchev–Trinajstić information content (AvgIpc) is 3.10. The largest absolute Gasteiger partial charge is 0.497 e. The molecule has 144 valence electrons. The molecule has 3 heterocycles. The van der Waals surface area contributed by atoms with Crippen LogP contribution >= 0.6 is 0 Å². The molecule has 1 atom stereocenters. The molecule has 1 aromatic carbocycles. The summed E-state index contributed by atoms with van der Waals surface area (Å²) in [6.45, 7) is 1.02. The number of H-pyrrole nitrogens is 1. The van der Waals surface area contributed by atoms with Crippen molar-refractivity contribution < 1.29 is 17.9 Å². The maximum Gasteiger partial charge on any atom is 0.227 e. The van der Waals surface area contributed by atoms with Gasteiger partial charge in [-0.1, -0.05) is 12.1 Å². The van der Waals surface area contributed by atoms with Gasteiger partial charge < -0.3 is 14.6 Å². The highest BCUT2D eigenvalue weighted by Crippen LogP contribution is 2.27. The quantitative estimate of drug-likeness (QED) is 0.864. The number of aromatic nitrogens is 2. The van der Waals surface area contributed by atoms with Crippen molar-refractivity contribution in [3.63, 3.8) is 0 Å². The fourth-order valence-electron chi connectivity index (χ4n) is 3.86. The number of benzene rings is 1. The molecular formula is C19H23N3O4S. The monoisotopic (exact) mass is 389 g/mol. The van der Waals surface area contributed by atoms with Gasteiger partial charge in [-0.25, -0.2) is 13.4 Å². The first-order valence-corrected chi connectivity index (χ1v) is 11.0. The Hall–Kier alpha value is -2.35. The Morgan fingerprint density at radius 1 is 1.37 bits per heavy atom. The maximum atomic E-state index is 12.8. The summed E-state index contributed by atoms with van der Waals surface area (Å²) >= 11 is 0. The third-order valence-corrected chi connectivity index (χ3v) is 7.12. The van der Waals surface area contributed by atoms with Gasteiger partial charge >= 0.3 is 0 Å². The van der Waals surface area contributed by atoms with E-state index in [0.29, 0.717) is 32.4 Å². The minimum absolute atomic E-state index is 0.0206. The molecule has 1 amide bonds. The Morgan fingerprint density at radius 3 is 3.00 bits per heavy atom. The number of nitrogens with one attached hydrogen (secondary N) is 1. The lowest BCUT2D eigenvalue weighted by molar-refractivity contribution is -0.136. The summed E-state index contributed by atoms with van der Waals surface area (Å²) in [6.07, 6.45) is 1.89. The van der Waals surface area contributed by atoms with Gasteiger partial charge in [0.25, 0.3) is 0 Å². The van der Waals surface area contributed by atoms with Crippen molar-refractivity contribution in [2.24, 2.45) is 5.92 Å². The minimum Gasteiger partial charge on any atom is -0.497 e. The van der Waals surface area contributed by atoms with Crippen molar-refractivity contribution in [3.05, 3.63) is 35.7 Å². The van der Waals surface area contributed by atoms with Gasteiger partial charge in [0.05, 0.1) is 42.5 Å². The standard InChI is InChI=1S/C19H23N3O4S/c1-26-15-6-2-4-13(10-15)18-20-16-7-8-22(11-17(16)21-18)19(23)14-5-3-9-27(24,25)12-14/h2,4,6,10,14H,3,5,7-9,11-12H2,1H3,(H,20,21). The van der Waals surface area contributed by atoms with Gasteiger partial charge in [0.2, 0.25) is 5.91 Å². The molecule has 1 aromatic heterocycles. The molecule has 1 unspecified atom stereocenters. The number of hydrogen-bond donors (Lipinski definition) is 1. The van der Waals surface area contributed by atoms with Crippen molar-refractivity contribution in [1.29, 1.82) is 0 Å². The van der Waals surface area contributed by atoms with Crippen LogP contribution in [0.15, 0.2) is 24.3 Å². The van der Waals surface area contributed by atoms with E-state index in [0.717, 1.165) is 28.5 Å². The summed E-state index contributed by atoms with van der Waals surface area (Å²) in [5.74, 6) is 1.23. The highest BCUT2D eigenvalue weighted by Gasteiger charge is 2.34. The maximum absolute atomic E-state index is 12.8. The molecule has 1 fully saturated rings. The molecule has 2 aliphatic rings. The summed E-state index contributed by atoms with van der Waals surface area (Å²) in [4.78, 5) is 22.6. The Labute approximate surface area is 158 Å². The van der Waals surface area contributed by atoms with E-state index >= 15 is 0 Å². The molecule has 0 saturated carbocycles. The SMILES string of the molecule is COc1cccc(-c2nc3c([nH]2)CN(C(=O)C2CCCS(=O)(=O)C2)CC3)c1. The number of sulfone groups is 1. The van der Waals surface area contributed by atoms with E-state index in [1.807, 2.05) is 24.3 Å². The smallest absolute Gasteiger partial charge is 0.227 e. The highest BCUT2D eigenvalue weighted by molar-refractivity contribution is 7.91. The van der Waals surface area contributed by atoms with Gasteiger partial charge in [0.1, 0.15) is 11.6 Å². The van der Waals surface area contributed by atoms with Gasteiger partial charge in [-0.05, 0) is 25.0 Å². The Bertz CT molecular complexity index is 967. The number of hydrogen-bond acceptors (Lipinski definition) is 5. The number of amides is 1. The molecule has 8 heteroatoms. The first-order valence-electron chi connectivity index (χ1n) is 9.16. The van der Waals surface area contributed by atoms with E-state index in [4.69, 9.17) is 4.74 Å². The molecular weight excluding hydrogens is 366 g/mol. The second-order valence-corrected chi connectivity index (χ2v) is 9.43. The van der Waals surface area contributed by atoms with Gasteiger partial charge in [0.15, 0.2) is 9.84 Å². The Kier molecular flexibility index (Phi) is 4.67. The number of aromatic amines is 1. The lowest BCUT2D eigenvalue weighted by Gasteiger charge is -2.31. The Balaban J connectivity index is 1.52. The first-order chi connectivity index (χ1) is 12.9. The van der Waals surface area contributed by atoms with Crippen LogP contribution in [0.3, 0.4) is 0 Å². The Morgan fingerprint density at radius 2 is 2.22 bits per heavy atom. The van der Waals surface area contributed by atoms with Crippen LogP contribution in [0.1, 0.15) is 24.2 Å². The zero-order chi connectivity index (χ0) is 19.0. The second kappa shape index (κ2) is 6.99. The molecule has 0 aliphatic carbocycles. The summed E-state index contributed by atoms with van der Waals surface area (Å²) < 4.78 is 29.0.